The molecule has 4 heteroatoms. The lowest BCUT2D eigenvalue weighted by molar-refractivity contribution is 0.414. The van der Waals surface area contributed by atoms with Gasteiger partial charge >= 0.3 is 0 Å². The number of ether oxygens (including phenoxy) is 1. The third-order valence-corrected chi connectivity index (χ3v) is 3.56. The Morgan fingerprint density at radius 3 is 2.53 bits per heavy atom. The van der Waals surface area contributed by atoms with E-state index in [0.717, 1.165) is 24.2 Å². The van der Waals surface area contributed by atoms with Crippen LogP contribution in [0, 0.1) is 0 Å². The zero-order valence-electron chi connectivity index (χ0n) is 11.2. The summed E-state index contributed by atoms with van der Waals surface area (Å²) in [6.45, 7) is 0. The van der Waals surface area contributed by atoms with E-state index in [1.807, 2.05) is 25.2 Å². The van der Waals surface area contributed by atoms with Crippen molar-refractivity contribution in [3.8, 4) is 5.75 Å². The zero-order chi connectivity index (χ0) is 13.7. The molecule has 0 fully saturated rings. The van der Waals surface area contributed by atoms with Crippen LogP contribution in [0.3, 0.4) is 0 Å². The molecular weight excluding hydrogens is 262 g/mol. The van der Waals surface area contributed by atoms with Gasteiger partial charge in [-0.1, -0.05) is 12.1 Å². The molecule has 1 N–H and O–H groups in total. The van der Waals surface area contributed by atoms with E-state index in [1.54, 1.807) is 13.4 Å². The number of furan rings is 1. The lowest BCUT2D eigenvalue weighted by Crippen LogP contribution is -2.16. The van der Waals surface area contributed by atoms with Crippen molar-refractivity contribution in [3.05, 3.63) is 52.9 Å². The summed E-state index contributed by atoms with van der Waals surface area (Å²) in [7, 11) is 3.61. The highest BCUT2D eigenvalue weighted by molar-refractivity contribution is 6.29. The average Bonchev–Trinajstić information content (AvgIpc) is 2.87. The van der Waals surface area contributed by atoms with Crippen LogP contribution >= 0.6 is 11.6 Å². The lowest BCUT2D eigenvalue weighted by Gasteiger charge is -2.15. The fourth-order valence-electron chi connectivity index (χ4n) is 2.11. The van der Waals surface area contributed by atoms with Crippen molar-refractivity contribution in [2.45, 2.75) is 18.9 Å². The quantitative estimate of drug-likeness (QED) is 0.872. The Labute approximate surface area is 118 Å². The van der Waals surface area contributed by atoms with Gasteiger partial charge in [0, 0.05) is 11.6 Å². The minimum atomic E-state index is 0.202. The summed E-state index contributed by atoms with van der Waals surface area (Å²) in [5.74, 6) is 0.881. The molecule has 0 bridgehead atoms. The van der Waals surface area contributed by atoms with Crippen molar-refractivity contribution in [3.63, 3.8) is 0 Å². The Kier molecular flexibility index (Phi) is 4.88. The molecule has 2 rings (SSSR count). The third kappa shape index (κ3) is 3.52. The molecular formula is C15H18ClNO2. The maximum absolute atomic E-state index is 6.01. The Balaban J connectivity index is 1.98. The highest BCUT2D eigenvalue weighted by Crippen LogP contribution is 2.27. The molecule has 19 heavy (non-hydrogen) atoms. The molecule has 1 unspecified atom stereocenters. The van der Waals surface area contributed by atoms with E-state index < -0.39 is 0 Å². The topological polar surface area (TPSA) is 34.4 Å². The number of benzene rings is 1. The van der Waals surface area contributed by atoms with Gasteiger partial charge in [0.1, 0.15) is 5.75 Å². The van der Waals surface area contributed by atoms with Crippen LogP contribution in [0.5, 0.6) is 5.75 Å². The minimum absolute atomic E-state index is 0.202. The van der Waals surface area contributed by atoms with Gasteiger partial charge in [-0.3, -0.25) is 0 Å². The standard InChI is InChI=1S/C15H18ClNO2/c1-17-14(13-9-10-19-15(13)16)8-5-11-3-6-12(18-2)7-4-11/h3-4,6-7,9-10,14,17H,5,8H2,1-2H3. The second-order valence-electron chi connectivity index (χ2n) is 4.38. The summed E-state index contributed by atoms with van der Waals surface area (Å²) in [6.07, 6.45) is 3.55. The number of halogens is 1. The number of rotatable bonds is 6. The highest BCUT2D eigenvalue weighted by Gasteiger charge is 2.15. The fourth-order valence-corrected chi connectivity index (χ4v) is 2.36. The van der Waals surface area contributed by atoms with E-state index in [4.69, 9.17) is 20.8 Å². The maximum Gasteiger partial charge on any atom is 0.197 e. The predicted molar refractivity (Wildman–Crippen MR) is 76.8 cm³/mol. The average molecular weight is 280 g/mol. The third-order valence-electron chi connectivity index (χ3n) is 3.25. The molecule has 2 aromatic rings. The van der Waals surface area contributed by atoms with E-state index in [0.29, 0.717) is 5.22 Å². The van der Waals surface area contributed by atoms with Gasteiger partial charge in [-0.15, -0.1) is 0 Å². The number of hydrogen-bond acceptors (Lipinski definition) is 3. The molecule has 1 aromatic carbocycles. The Morgan fingerprint density at radius 2 is 2.00 bits per heavy atom. The van der Waals surface area contributed by atoms with Crippen LogP contribution in [-0.2, 0) is 6.42 Å². The van der Waals surface area contributed by atoms with Crippen LogP contribution in [0.25, 0.3) is 0 Å². The molecule has 0 aliphatic carbocycles. The first-order chi connectivity index (χ1) is 9.24. The molecule has 0 saturated carbocycles. The molecule has 3 nitrogen and oxygen atoms in total. The molecule has 0 saturated heterocycles. The Hall–Kier alpha value is -1.45. The summed E-state index contributed by atoms with van der Waals surface area (Å²) in [6, 6.07) is 10.2. The van der Waals surface area contributed by atoms with Gasteiger partial charge in [0.25, 0.3) is 0 Å². The summed E-state index contributed by atoms with van der Waals surface area (Å²) < 4.78 is 10.3. The van der Waals surface area contributed by atoms with Crippen molar-refractivity contribution in [1.82, 2.24) is 5.32 Å². The molecule has 0 radical (unpaired) electrons. The first-order valence-electron chi connectivity index (χ1n) is 6.27. The van der Waals surface area contributed by atoms with Crippen molar-refractivity contribution in [1.29, 1.82) is 0 Å². The second-order valence-corrected chi connectivity index (χ2v) is 4.72. The van der Waals surface area contributed by atoms with Gasteiger partial charge in [0.2, 0.25) is 0 Å². The first kappa shape index (κ1) is 14.0. The van der Waals surface area contributed by atoms with Crippen LogP contribution in [0.1, 0.15) is 23.6 Å². The van der Waals surface area contributed by atoms with Gasteiger partial charge in [-0.2, -0.15) is 0 Å². The summed E-state index contributed by atoms with van der Waals surface area (Å²) >= 11 is 6.01. The minimum Gasteiger partial charge on any atom is -0.497 e. The van der Waals surface area contributed by atoms with Crippen LogP contribution in [0.2, 0.25) is 5.22 Å². The predicted octanol–water partition coefficient (Wildman–Crippen LogP) is 3.83. The number of methoxy groups -OCH3 is 1. The molecule has 0 amide bonds. The molecule has 102 valence electrons. The van der Waals surface area contributed by atoms with Crippen LogP contribution in [0.4, 0.5) is 0 Å². The largest absolute Gasteiger partial charge is 0.497 e. The van der Waals surface area contributed by atoms with Crippen molar-refractivity contribution in [2.24, 2.45) is 0 Å². The van der Waals surface area contributed by atoms with Crippen molar-refractivity contribution in [2.75, 3.05) is 14.2 Å². The molecule has 0 aliphatic heterocycles. The van der Waals surface area contributed by atoms with Gasteiger partial charge in [0.05, 0.1) is 13.4 Å². The van der Waals surface area contributed by atoms with Crippen LogP contribution < -0.4 is 10.1 Å². The van der Waals surface area contributed by atoms with Crippen molar-refractivity contribution < 1.29 is 9.15 Å². The van der Waals surface area contributed by atoms with Crippen LogP contribution in [0.15, 0.2) is 41.0 Å². The highest BCUT2D eigenvalue weighted by atomic mass is 35.5. The Morgan fingerprint density at radius 1 is 1.26 bits per heavy atom. The number of aryl methyl sites for hydroxylation is 1. The van der Waals surface area contributed by atoms with Gasteiger partial charge < -0.3 is 14.5 Å². The molecule has 1 aromatic heterocycles. The van der Waals surface area contributed by atoms with E-state index in [-0.39, 0.29) is 6.04 Å². The van der Waals surface area contributed by atoms with Gasteiger partial charge in [-0.05, 0) is 55.3 Å². The molecule has 0 aliphatic rings. The fraction of sp³-hybridized carbons (Fsp3) is 0.333. The smallest absolute Gasteiger partial charge is 0.197 e. The lowest BCUT2D eigenvalue weighted by atomic mass is 10.0. The van der Waals surface area contributed by atoms with Crippen molar-refractivity contribution >= 4 is 11.6 Å². The monoisotopic (exact) mass is 279 g/mol. The summed E-state index contributed by atoms with van der Waals surface area (Å²) in [5.41, 5.74) is 2.29. The molecule has 1 heterocycles. The zero-order valence-corrected chi connectivity index (χ0v) is 11.9. The Bertz CT molecular complexity index is 507. The first-order valence-corrected chi connectivity index (χ1v) is 6.65. The normalized spacial score (nSPS) is 12.4. The second kappa shape index (κ2) is 6.64. The van der Waals surface area contributed by atoms with Gasteiger partial charge in [-0.25, -0.2) is 0 Å². The SMILES string of the molecule is CNC(CCc1ccc(OC)cc1)c1ccoc1Cl. The number of nitrogens with one attached hydrogen (secondary N) is 1. The summed E-state index contributed by atoms with van der Waals surface area (Å²) in [5, 5.41) is 3.74. The van der Waals surface area contributed by atoms with Gasteiger partial charge in [0.15, 0.2) is 5.22 Å². The maximum atomic E-state index is 6.01. The molecule has 1 atom stereocenters. The molecule has 0 spiro atoms. The van der Waals surface area contributed by atoms with E-state index >= 15 is 0 Å². The number of hydrogen-bond donors (Lipinski definition) is 1. The van der Waals surface area contributed by atoms with E-state index in [1.165, 1.54) is 5.56 Å². The summed E-state index contributed by atoms with van der Waals surface area (Å²) in [4.78, 5) is 0. The van der Waals surface area contributed by atoms with E-state index in [2.05, 4.69) is 17.4 Å². The van der Waals surface area contributed by atoms with E-state index in [9.17, 15) is 0 Å². The van der Waals surface area contributed by atoms with Crippen LogP contribution in [-0.4, -0.2) is 14.2 Å².